The molecule has 0 aromatic rings. The van der Waals surface area contributed by atoms with Crippen molar-refractivity contribution < 1.29 is 120 Å². The lowest BCUT2D eigenvalue weighted by Gasteiger charge is -2.64. The van der Waals surface area contributed by atoms with Crippen LogP contribution in [0.4, 0.5) is 0 Å². The number of aliphatic hydroxyl groups excluding tert-OH is 10. The van der Waals surface area contributed by atoms with Gasteiger partial charge in [0.1, 0.15) is 96.5 Å². The molecule has 5 saturated heterocycles. The molecule has 26 heteroatoms. The normalized spacial score (nSPS) is 51.0. The van der Waals surface area contributed by atoms with Gasteiger partial charge in [-0.2, -0.15) is 8.42 Å². The Morgan fingerprint density at radius 2 is 1.30 bits per heavy atom. The summed E-state index contributed by atoms with van der Waals surface area (Å²) in [6.07, 6.45) is -24.1. The highest BCUT2D eigenvalue weighted by Gasteiger charge is 2.79. The molecule has 25 nitrogen and oxygen atoms in total. The van der Waals surface area contributed by atoms with E-state index in [0.29, 0.717) is 19.3 Å². The number of carbonyl (C=O) groups is 1. The second kappa shape index (κ2) is 23.1. The molecular formula is C54H86O25S. The van der Waals surface area contributed by atoms with E-state index in [1.165, 1.54) is 19.6 Å². The van der Waals surface area contributed by atoms with Gasteiger partial charge in [-0.25, -0.2) is 4.18 Å². The van der Waals surface area contributed by atoms with Gasteiger partial charge in [0.05, 0.1) is 38.1 Å². The number of rotatable bonds is 16. The van der Waals surface area contributed by atoms with Gasteiger partial charge in [-0.15, -0.1) is 0 Å². The second-order valence-electron chi connectivity index (χ2n) is 25.4. The van der Waals surface area contributed by atoms with Crippen molar-refractivity contribution in [1.82, 2.24) is 0 Å². The first-order chi connectivity index (χ1) is 37.4. The van der Waals surface area contributed by atoms with Crippen molar-refractivity contribution in [2.45, 2.75) is 241 Å². The first-order valence-corrected chi connectivity index (χ1v) is 29.4. The molecule has 458 valence electrons. The van der Waals surface area contributed by atoms with Crippen LogP contribution in [0.3, 0.4) is 0 Å². The first kappa shape index (κ1) is 62.6. The molecule has 9 rings (SSSR count). The zero-order chi connectivity index (χ0) is 58.6. The average Bonchev–Trinajstić information content (AvgIpc) is 2.40. The van der Waals surface area contributed by atoms with Gasteiger partial charge in [-0.3, -0.25) is 9.35 Å². The number of ether oxygens (including phenoxy) is 10. The van der Waals surface area contributed by atoms with E-state index in [9.17, 15) is 68.8 Å². The molecule has 4 aliphatic carbocycles. The Kier molecular flexibility index (Phi) is 18.0. The maximum absolute atomic E-state index is 14.4. The Bertz CT molecular complexity index is 2390. The zero-order valence-corrected chi connectivity index (χ0v) is 47.6. The van der Waals surface area contributed by atoms with Crippen molar-refractivity contribution in [3.05, 3.63) is 23.3 Å². The maximum Gasteiger partial charge on any atom is 0.397 e. The van der Waals surface area contributed by atoms with Crippen LogP contribution in [0.1, 0.15) is 107 Å². The third kappa shape index (κ3) is 10.5. The molecule has 0 radical (unpaired) electrons. The van der Waals surface area contributed by atoms with E-state index in [1.807, 2.05) is 26.8 Å². The van der Waals surface area contributed by atoms with Crippen LogP contribution in [0.2, 0.25) is 0 Å². The fraction of sp³-hybridized carbons (Fsp3) is 0.907. The van der Waals surface area contributed by atoms with E-state index in [1.54, 1.807) is 0 Å². The lowest BCUT2D eigenvalue weighted by Crippen LogP contribution is -2.67. The van der Waals surface area contributed by atoms with Crippen LogP contribution >= 0.6 is 0 Å². The molecule has 5 aliphatic heterocycles. The predicted molar refractivity (Wildman–Crippen MR) is 272 cm³/mol. The largest absolute Gasteiger partial charge is 0.458 e. The Morgan fingerprint density at radius 3 is 1.91 bits per heavy atom. The minimum absolute atomic E-state index is 0.00689. The Morgan fingerprint density at radius 1 is 0.700 bits per heavy atom. The molecule has 11 N–H and O–H groups in total. The summed E-state index contributed by atoms with van der Waals surface area (Å²) in [6.45, 7) is 13.8. The summed E-state index contributed by atoms with van der Waals surface area (Å²) in [5.41, 5.74) is -1.18. The number of methoxy groups -OCH3 is 1. The molecule has 1 spiro atoms. The number of hydrogen-bond donors (Lipinski definition) is 11. The van der Waals surface area contributed by atoms with Gasteiger partial charge in [0.15, 0.2) is 25.2 Å². The van der Waals surface area contributed by atoms with Crippen molar-refractivity contribution in [1.29, 1.82) is 0 Å². The summed E-state index contributed by atoms with van der Waals surface area (Å²) >= 11 is 0. The number of hydrogen-bond acceptors (Lipinski definition) is 24. The van der Waals surface area contributed by atoms with E-state index in [4.69, 9.17) is 51.6 Å². The van der Waals surface area contributed by atoms with Gasteiger partial charge >= 0.3 is 16.4 Å². The van der Waals surface area contributed by atoms with Crippen LogP contribution < -0.4 is 0 Å². The summed E-state index contributed by atoms with van der Waals surface area (Å²) < 4.78 is 98.1. The van der Waals surface area contributed by atoms with Gasteiger partial charge in [-0.1, -0.05) is 51.0 Å². The minimum atomic E-state index is -5.17. The highest BCUT2D eigenvalue weighted by molar-refractivity contribution is 7.80. The fourth-order valence-corrected chi connectivity index (χ4v) is 16.7. The van der Waals surface area contributed by atoms with Gasteiger partial charge in [0.25, 0.3) is 0 Å². The van der Waals surface area contributed by atoms with E-state index in [0.717, 1.165) is 37.7 Å². The quantitative estimate of drug-likeness (QED) is 0.0398. The van der Waals surface area contributed by atoms with Crippen molar-refractivity contribution in [3.8, 4) is 0 Å². The smallest absolute Gasteiger partial charge is 0.397 e. The molecule has 0 bridgehead atoms. The molecule has 80 heavy (non-hydrogen) atoms. The lowest BCUT2D eigenvalue weighted by molar-refractivity contribution is -0.389. The van der Waals surface area contributed by atoms with Gasteiger partial charge < -0.3 is 98.4 Å². The van der Waals surface area contributed by atoms with Crippen molar-refractivity contribution in [2.24, 2.45) is 39.4 Å². The number of carbonyl (C=O) groups excluding carboxylic acids is 1. The van der Waals surface area contributed by atoms with Crippen LogP contribution in [0.5, 0.6) is 0 Å². The van der Waals surface area contributed by atoms with E-state index < -0.39 is 186 Å². The van der Waals surface area contributed by atoms with Crippen molar-refractivity contribution in [2.75, 3.05) is 26.9 Å². The third-order valence-corrected chi connectivity index (χ3v) is 20.8. The monoisotopic (exact) mass is 1170 g/mol. The molecule has 8 fully saturated rings. The van der Waals surface area contributed by atoms with Crippen molar-refractivity contribution >= 4 is 16.4 Å². The van der Waals surface area contributed by atoms with E-state index >= 15 is 0 Å². The second-order valence-corrected chi connectivity index (χ2v) is 26.5. The number of aliphatic hydroxyl groups is 10. The first-order valence-electron chi connectivity index (χ1n) is 28.1. The summed E-state index contributed by atoms with van der Waals surface area (Å²) in [4.78, 5) is 14.4. The van der Waals surface area contributed by atoms with Crippen LogP contribution in [-0.2, 0) is 66.7 Å². The molecule has 0 aromatic heterocycles. The summed E-state index contributed by atoms with van der Waals surface area (Å²) in [5, 5.41) is 112. The Labute approximate surface area is 466 Å². The SMILES string of the molecule is CO[C@H]1[C@H](O)[C@@H](O[C@H]2[C@H](O)[C@@H](O[C@@H]3[C@@H](O)[C@H](O)[C@@H](O[C@H]4[C@H](O[C@H]5CC[C@]6(C)C7=C[C@@H](O)C89C(=O)O[C@@](C)(CCC=C(C)C)C8CC[C@@]9(C)C7CC[C@H]6C5(C)C)OC[C@@H](OS(=O)(=O)O)[C@@H]4O)O[C@H]3C)O[C@@H](CO)[C@@H]2O)O[C@@H](CO)[C@@H]1O. The lowest BCUT2D eigenvalue weighted by atomic mass is 9.40. The van der Waals surface area contributed by atoms with Gasteiger partial charge in [-0.05, 0) is 107 Å². The Hall–Kier alpha value is -1.94. The van der Waals surface area contributed by atoms with Gasteiger partial charge in [0.2, 0.25) is 0 Å². The minimum Gasteiger partial charge on any atom is -0.458 e. The summed E-state index contributed by atoms with van der Waals surface area (Å²) in [7, 11) is -3.99. The molecule has 0 aromatic carbocycles. The molecule has 0 amide bonds. The number of cyclic esters (lactones) is 1. The van der Waals surface area contributed by atoms with Gasteiger partial charge in [0, 0.05) is 13.0 Å². The number of fused-ring (bicyclic) bond motifs is 4. The van der Waals surface area contributed by atoms with Crippen LogP contribution in [0, 0.1) is 39.4 Å². The topological polar surface area (TPSA) is 375 Å². The zero-order valence-electron chi connectivity index (χ0n) is 46.8. The van der Waals surface area contributed by atoms with E-state index in [2.05, 4.69) is 33.8 Å². The molecule has 3 saturated carbocycles. The molecule has 5 heterocycles. The molecule has 9 aliphatic rings. The van der Waals surface area contributed by atoms with E-state index in [-0.39, 0.29) is 23.7 Å². The fourth-order valence-electron chi connectivity index (χ4n) is 16.2. The van der Waals surface area contributed by atoms with Crippen molar-refractivity contribution in [3.63, 3.8) is 0 Å². The van der Waals surface area contributed by atoms with Crippen LogP contribution in [0.25, 0.3) is 0 Å². The molecule has 28 atom stereocenters. The standard InChI is InChI=1S/C54H86O25S/c1-23(2)11-10-16-53(8)31-14-18-52(7)25-12-13-30-50(4,5)33(15-17-51(30,6)26(25)19-32(57)54(31,52)49(65)78-53)74-48-44(36(60)29(22-70-48)79-80(66,67)68)77-45-38(62)37(61)41(24(3)71-45)75-47-40(64)43(35(59)28(21-56)73-47)76-46-39(63)42(69-9)34(58)27(20-55)72-46/h11,19,24-25,27-48,55-64H,10,12-18,20-22H2,1-9H3,(H,66,67,68)/t24-,25?,27-,28-,29+,30-,31?,32+,33-,34-,35-,36-,37-,38-,39-,40-,41-,42+,43+,44+,45+,46+,47+,48-,51+,52-,53-,54?/m0/s1. The van der Waals surface area contributed by atoms with Crippen LogP contribution in [-0.4, -0.2) is 231 Å². The molecule has 3 unspecified atom stereocenters. The summed E-state index contributed by atoms with van der Waals surface area (Å²) in [6, 6.07) is 0. The highest BCUT2D eigenvalue weighted by Crippen LogP contribution is 2.76. The summed E-state index contributed by atoms with van der Waals surface area (Å²) in [5.74, 6) is -0.537. The third-order valence-electron chi connectivity index (χ3n) is 20.3. The number of allylic oxidation sites excluding steroid dienone is 3. The highest BCUT2D eigenvalue weighted by atomic mass is 32.3. The Balaban J connectivity index is 0.907. The average molecular weight is 1170 g/mol. The maximum atomic E-state index is 14.4. The number of esters is 1. The molecular weight excluding hydrogens is 1080 g/mol. The van der Waals surface area contributed by atoms with Crippen LogP contribution in [0.15, 0.2) is 23.3 Å². The predicted octanol–water partition coefficient (Wildman–Crippen LogP) is -0.590.